The summed E-state index contributed by atoms with van der Waals surface area (Å²) in [5, 5.41) is 14.7. The number of rotatable bonds is 6. The fourth-order valence-corrected chi connectivity index (χ4v) is 6.06. The number of carbonyl (C=O) groups excluding carboxylic acids is 1. The second kappa shape index (κ2) is 13.1. The third-order valence-electron chi connectivity index (χ3n) is 8.10. The summed E-state index contributed by atoms with van der Waals surface area (Å²) < 4.78 is 13.8. The van der Waals surface area contributed by atoms with E-state index in [1.807, 2.05) is 17.0 Å². The number of phenols is 1. The Morgan fingerprint density at radius 1 is 1.07 bits per heavy atom. The van der Waals surface area contributed by atoms with Gasteiger partial charge in [0.05, 0.1) is 30.8 Å². The summed E-state index contributed by atoms with van der Waals surface area (Å²) >= 11 is 0. The van der Waals surface area contributed by atoms with Crippen molar-refractivity contribution in [2.45, 2.75) is 58.9 Å². The van der Waals surface area contributed by atoms with Gasteiger partial charge in [0.25, 0.3) is 0 Å². The second-order valence-corrected chi connectivity index (χ2v) is 11.5. The van der Waals surface area contributed by atoms with Crippen LogP contribution in [-0.2, 0) is 4.74 Å². The zero-order valence-electron chi connectivity index (χ0n) is 25.9. The minimum Gasteiger partial charge on any atom is -0.507 e. The van der Waals surface area contributed by atoms with Gasteiger partial charge in [-0.2, -0.15) is 4.98 Å². The third kappa shape index (κ3) is 6.12. The average Bonchev–Trinajstić information content (AvgIpc) is 3.70. The number of nitrogens with zero attached hydrogens (tertiary/aromatic N) is 5. The van der Waals surface area contributed by atoms with Crippen LogP contribution in [0, 0.1) is 0 Å². The Kier molecular flexibility index (Phi) is 8.79. The number of Topliss-reactive ketones (excluding diaryl/α,β-unsaturated/α-hetero) is 1. The molecule has 0 spiro atoms. The van der Waals surface area contributed by atoms with Gasteiger partial charge < -0.3 is 29.0 Å². The van der Waals surface area contributed by atoms with Crippen molar-refractivity contribution in [1.29, 1.82) is 0 Å². The zero-order valence-corrected chi connectivity index (χ0v) is 25.9. The number of carbonyl (C=O) groups is 1. The van der Waals surface area contributed by atoms with E-state index in [2.05, 4.69) is 33.7 Å². The molecule has 0 bridgehead atoms. The van der Waals surface area contributed by atoms with Crippen molar-refractivity contribution in [3.63, 3.8) is 0 Å². The molecule has 0 unspecified atom stereocenters. The summed E-state index contributed by atoms with van der Waals surface area (Å²) in [6.45, 7) is 8.13. The molecule has 234 valence electrons. The number of benzene rings is 1. The average molecular weight is 611 g/mol. The van der Waals surface area contributed by atoms with E-state index in [0.29, 0.717) is 60.6 Å². The number of aromatic hydroxyl groups is 1. The molecule has 0 amide bonds. The first kappa shape index (κ1) is 30.3. The number of ether oxygens (including phenoxy) is 1. The number of morpholine rings is 1. The Hall–Kier alpha value is -4.77. The lowest BCUT2D eigenvalue weighted by Gasteiger charge is -2.27. The molecule has 1 aliphatic heterocycles. The molecule has 7 rings (SSSR count). The van der Waals surface area contributed by atoms with E-state index in [4.69, 9.17) is 14.1 Å². The maximum atomic E-state index is 13.1. The predicted octanol–water partition coefficient (Wildman–Crippen LogP) is 6.62. The van der Waals surface area contributed by atoms with Crippen LogP contribution in [0.3, 0.4) is 0 Å². The van der Waals surface area contributed by atoms with Crippen LogP contribution in [0.4, 0.5) is 17.5 Å². The zero-order chi connectivity index (χ0) is 31.5. The maximum absolute atomic E-state index is 13.1. The van der Waals surface area contributed by atoms with Crippen LogP contribution in [-0.4, -0.2) is 56.7 Å². The summed E-state index contributed by atoms with van der Waals surface area (Å²) in [5.41, 5.74) is 3.28. The molecular weight excluding hydrogens is 572 g/mol. The minimum absolute atomic E-state index is 0.0101. The van der Waals surface area contributed by atoms with E-state index in [9.17, 15) is 14.7 Å². The van der Waals surface area contributed by atoms with Crippen molar-refractivity contribution in [2.24, 2.45) is 0 Å². The normalized spacial score (nSPS) is 15.3. The fourth-order valence-electron chi connectivity index (χ4n) is 6.06. The molecule has 5 heterocycles. The van der Waals surface area contributed by atoms with E-state index in [-0.39, 0.29) is 34.0 Å². The van der Waals surface area contributed by atoms with Gasteiger partial charge >= 0.3 is 0 Å². The standard InChI is InChI=1S/C31H30N6O5.C3H8/c1-18(38)24-13-20-16-33-31(35-30(20)37(24)22-4-2-3-5-22)34-21-12-19(15-32-17-21)23-6-7-25(39)28-26(40)14-27(42-29(23)28)36-8-10-41-11-9-36;1-3-2/h6-7,12-17,22,39H,2-5,8-11H2,1H3,(H,33,34,35);3H2,1-2H3. The monoisotopic (exact) mass is 610 g/mol. The van der Waals surface area contributed by atoms with Gasteiger partial charge in [-0.1, -0.05) is 33.1 Å². The summed E-state index contributed by atoms with van der Waals surface area (Å²) in [6.07, 6.45) is 10.6. The molecule has 2 aliphatic rings. The van der Waals surface area contributed by atoms with Crippen LogP contribution >= 0.6 is 0 Å². The second-order valence-electron chi connectivity index (χ2n) is 11.5. The molecule has 0 atom stereocenters. The van der Waals surface area contributed by atoms with E-state index in [0.717, 1.165) is 36.7 Å². The van der Waals surface area contributed by atoms with Gasteiger partial charge in [0.2, 0.25) is 5.95 Å². The highest BCUT2D eigenvalue weighted by Crippen LogP contribution is 2.37. The van der Waals surface area contributed by atoms with E-state index in [1.165, 1.54) is 18.6 Å². The van der Waals surface area contributed by atoms with Gasteiger partial charge in [-0.3, -0.25) is 14.6 Å². The van der Waals surface area contributed by atoms with Crippen LogP contribution in [0.25, 0.3) is 33.1 Å². The van der Waals surface area contributed by atoms with Gasteiger partial charge in [-0.25, -0.2) is 4.98 Å². The molecule has 1 saturated heterocycles. The van der Waals surface area contributed by atoms with Crippen molar-refractivity contribution in [3.05, 3.63) is 64.8 Å². The lowest BCUT2D eigenvalue weighted by atomic mass is 10.0. The molecule has 2 N–H and O–H groups in total. The van der Waals surface area contributed by atoms with Gasteiger partial charge in [-0.05, 0) is 37.1 Å². The van der Waals surface area contributed by atoms with Crippen molar-refractivity contribution in [1.82, 2.24) is 19.5 Å². The number of ketones is 1. The van der Waals surface area contributed by atoms with Crippen molar-refractivity contribution >= 4 is 45.3 Å². The molecule has 11 heteroatoms. The van der Waals surface area contributed by atoms with Crippen LogP contribution in [0.5, 0.6) is 5.75 Å². The Balaban J connectivity index is 0.00000115. The number of anilines is 3. The highest BCUT2D eigenvalue weighted by molar-refractivity contribution is 5.98. The summed E-state index contributed by atoms with van der Waals surface area (Å²) in [5.74, 6) is 0.679. The number of aromatic nitrogens is 4. The largest absolute Gasteiger partial charge is 0.507 e. The van der Waals surface area contributed by atoms with Gasteiger partial charge in [0.1, 0.15) is 16.8 Å². The fraction of sp³-hybridized carbons (Fsp3) is 0.382. The topological polar surface area (TPSA) is 136 Å². The molecule has 2 fully saturated rings. The van der Waals surface area contributed by atoms with E-state index >= 15 is 0 Å². The lowest BCUT2D eigenvalue weighted by Crippen LogP contribution is -2.36. The first-order valence-electron chi connectivity index (χ1n) is 15.6. The number of phenolic OH excluding ortho intramolecular Hbond substituents is 1. The quantitative estimate of drug-likeness (QED) is 0.202. The first-order chi connectivity index (χ1) is 21.9. The van der Waals surface area contributed by atoms with Crippen molar-refractivity contribution in [3.8, 4) is 16.9 Å². The van der Waals surface area contributed by atoms with Gasteiger partial charge in [0, 0.05) is 61.0 Å². The Bertz CT molecular complexity index is 1900. The van der Waals surface area contributed by atoms with Crippen LogP contribution < -0.4 is 15.6 Å². The van der Waals surface area contributed by atoms with Crippen LogP contribution in [0.1, 0.15) is 69.4 Å². The number of hydrogen-bond acceptors (Lipinski definition) is 10. The molecule has 5 aromatic rings. The number of pyridine rings is 1. The Labute approximate surface area is 260 Å². The van der Waals surface area contributed by atoms with E-state index in [1.54, 1.807) is 31.6 Å². The number of fused-ring (bicyclic) bond motifs is 2. The smallest absolute Gasteiger partial charge is 0.229 e. The molecule has 1 aliphatic carbocycles. The van der Waals surface area contributed by atoms with Gasteiger partial charge in [0.15, 0.2) is 22.7 Å². The van der Waals surface area contributed by atoms with Crippen molar-refractivity contribution in [2.75, 3.05) is 36.5 Å². The summed E-state index contributed by atoms with van der Waals surface area (Å²) in [4.78, 5) is 41.2. The van der Waals surface area contributed by atoms with Crippen LogP contribution in [0.15, 0.2) is 58.1 Å². The lowest BCUT2D eigenvalue weighted by molar-refractivity contribution is 0.100. The Morgan fingerprint density at radius 3 is 2.56 bits per heavy atom. The molecule has 4 aromatic heterocycles. The summed E-state index contributed by atoms with van der Waals surface area (Å²) in [6, 6.07) is 8.60. The predicted molar refractivity (Wildman–Crippen MR) is 175 cm³/mol. The molecule has 11 nitrogen and oxygen atoms in total. The van der Waals surface area contributed by atoms with Crippen molar-refractivity contribution < 1.29 is 19.1 Å². The first-order valence-corrected chi connectivity index (χ1v) is 15.6. The SMILES string of the molecule is CC(=O)c1cc2cnc(Nc3cncc(-c4ccc(O)c5c(=O)cc(N6CCOCC6)oc45)c3)nc2n1C1CCCC1.CCC. The minimum atomic E-state index is -0.323. The third-order valence-corrected chi connectivity index (χ3v) is 8.10. The molecular formula is C34H38N6O5. The molecule has 0 radical (unpaired) electrons. The number of nitrogens with one attached hydrogen (secondary N) is 1. The molecule has 1 aromatic carbocycles. The molecule has 1 saturated carbocycles. The highest BCUT2D eigenvalue weighted by Gasteiger charge is 2.25. The summed E-state index contributed by atoms with van der Waals surface area (Å²) in [7, 11) is 0. The van der Waals surface area contributed by atoms with Crippen LogP contribution in [0.2, 0.25) is 0 Å². The molecule has 45 heavy (non-hydrogen) atoms. The van der Waals surface area contributed by atoms with E-state index < -0.39 is 0 Å². The maximum Gasteiger partial charge on any atom is 0.229 e. The number of hydrogen-bond donors (Lipinski definition) is 2. The Morgan fingerprint density at radius 2 is 1.82 bits per heavy atom. The highest BCUT2D eigenvalue weighted by atomic mass is 16.5. The van der Waals surface area contributed by atoms with Gasteiger partial charge in [-0.15, -0.1) is 0 Å².